The van der Waals surface area contributed by atoms with Crippen molar-refractivity contribution in [2.24, 2.45) is 0 Å². The number of nitrogens with zero attached hydrogens (tertiary/aromatic N) is 5. The third kappa shape index (κ3) is 7.12. The highest BCUT2D eigenvalue weighted by molar-refractivity contribution is 6.30. The highest BCUT2D eigenvalue weighted by Crippen LogP contribution is 2.25. The van der Waals surface area contributed by atoms with Gasteiger partial charge in [-0.25, -0.2) is 9.48 Å². The van der Waals surface area contributed by atoms with Crippen molar-refractivity contribution in [3.8, 4) is 17.1 Å². The molecule has 196 valence electrons. The molecule has 1 N–H and O–H groups in total. The number of halogens is 7. The van der Waals surface area contributed by atoms with Crippen molar-refractivity contribution in [2.45, 2.75) is 38.5 Å². The monoisotopic (exact) mass is 546 g/mol. The van der Waals surface area contributed by atoms with Crippen molar-refractivity contribution in [3.63, 3.8) is 0 Å². The number of aromatic nitrogens is 6. The molecule has 0 unspecified atom stereocenters. The molecule has 0 amide bonds. The fraction of sp³-hybridized carbons (Fsp3) is 0.273. The van der Waals surface area contributed by atoms with Crippen LogP contribution in [0.4, 0.5) is 26.3 Å². The minimum absolute atomic E-state index is 0.0205. The molecule has 0 saturated heterocycles. The normalized spacial score (nSPS) is 12.2. The third-order valence-electron chi connectivity index (χ3n) is 5.03. The van der Waals surface area contributed by atoms with E-state index in [0.717, 1.165) is 15.3 Å². The first-order valence-electron chi connectivity index (χ1n) is 10.6. The van der Waals surface area contributed by atoms with E-state index in [1.54, 1.807) is 6.07 Å². The second-order valence-corrected chi connectivity index (χ2v) is 8.31. The van der Waals surface area contributed by atoms with E-state index in [0.29, 0.717) is 16.1 Å². The summed E-state index contributed by atoms with van der Waals surface area (Å²) in [4.78, 5) is 15.7. The summed E-state index contributed by atoms with van der Waals surface area (Å²) in [5.74, 6) is 0.0760. The van der Waals surface area contributed by atoms with E-state index in [9.17, 15) is 31.1 Å². The molecule has 2 aromatic heterocycles. The summed E-state index contributed by atoms with van der Waals surface area (Å²) in [7, 11) is 0. The summed E-state index contributed by atoms with van der Waals surface area (Å²) >= 11 is 5.88. The van der Waals surface area contributed by atoms with E-state index in [4.69, 9.17) is 11.6 Å². The number of alkyl halides is 6. The zero-order valence-electron chi connectivity index (χ0n) is 18.6. The SMILES string of the molecule is O=c1n(Cc2nnc(Cc3cccc(OC(F)(F)F)c3)[nH]2)nc(-c2ccc(Cl)cc2)n1CCC(F)(F)F. The highest BCUT2D eigenvalue weighted by atomic mass is 35.5. The van der Waals surface area contributed by atoms with Crippen LogP contribution in [0.25, 0.3) is 11.4 Å². The lowest BCUT2D eigenvalue weighted by Gasteiger charge is -2.09. The van der Waals surface area contributed by atoms with Crippen LogP contribution in [-0.2, 0) is 19.5 Å². The Morgan fingerprint density at radius 2 is 1.68 bits per heavy atom. The Morgan fingerprint density at radius 1 is 0.973 bits per heavy atom. The topological polar surface area (TPSA) is 90.6 Å². The van der Waals surface area contributed by atoms with Gasteiger partial charge < -0.3 is 9.72 Å². The summed E-state index contributed by atoms with van der Waals surface area (Å²) in [5, 5.41) is 12.4. The quantitative estimate of drug-likeness (QED) is 0.315. The van der Waals surface area contributed by atoms with E-state index in [-0.39, 0.29) is 30.4 Å². The Bertz CT molecular complexity index is 1430. The summed E-state index contributed by atoms with van der Waals surface area (Å²) in [5.41, 5.74) is 0.0499. The maximum atomic E-state index is 12.9. The molecule has 8 nitrogen and oxygen atoms in total. The fourth-order valence-corrected chi connectivity index (χ4v) is 3.60. The van der Waals surface area contributed by atoms with Gasteiger partial charge in [0.2, 0.25) is 0 Å². The number of nitrogens with one attached hydrogen (secondary N) is 1. The maximum Gasteiger partial charge on any atom is 0.573 e. The van der Waals surface area contributed by atoms with Crippen LogP contribution < -0.4 is 10.4 Å². The number of aromatic amines is 1. The lowest BCUT2D eigenvalue weighted by molar-refractivity contribution is -0.274. The van der Waals surface area contributed by atoms with Gasteiger partial charge in [0, 0.05) is 23.6 Å². The zero-order chi connectivity index (χ0) is 26.8. The first-order valence-corrected chi connectivity index (χ1v) is 11.0. The molecule has 4 aromatic rings. The lowest BCUT2D eigenvalue weighted by Crippen LogP contribution is -2.27. The van der Waals surface area contributed by atoms with Crippen LogP contribution in [0.3, 0.4) is 0 Å². The molecule has 2 heterocycles. The maximum absolute atomic E-state index is 12.9. The van der Waals surface area contributed by atoms with Crippen LogP contribution in [0.1, 0.15) is 23.6 Å². The molecule has 2 aromatic carbocycles. The van der Waals surface area contributed by atoms with E-state index in [1.165, 1.54) is 36.4 Å². The smallest absolute Gasteiger partial charge is 0.406 e. The van der Waals surface area contributed by atoms with Crippen LogP contribution in [0.15, 0.2) is 53.3 Å². The van der Waals surface area contributed by atoms with Gasteiger partial charge in [-0.15, -0.1) is 28.5 Å². The van der Waals surface area contributed by atoms with Crippen LogP contribution >= 0.6 is 11.6 Å². The Labute approximate surface area is 209 Å². The molecule has 0 saturated carbocycles. The van der Waals surface area contributed by atoms with Gasteiger partial charge in [-0.3, -0.25) is 4.57 Å². The summed E-state index contributed by atoms with van der Waals surface area (Å²) in [6.07, 6.45) is -10.5. The van der Waals surface area contributed by atoms with Gasteiger partial charge in [-0.05, 0) is 42.0 Å². The van der Waals surface area contributed by atoms with E-state index >= 15 is 0 Å². The number of ether oxygens (including phenoxy) is 1. The number of H-pyrrole nitrogens is 1. The van der Waals surface area contributed by atoms with Crippen LogP contribution in [-0.4, -0.2) is 42.1 Å². The van der Waals surface area contributed by atoms with Crippen LogP contribution in [0.2, 0.25) is 5.02 Å². The molecule has 15 heteroatoms. The Balaban J connectivity index is 1.55. The zero-order valence-corrected chi connectivity index (χ0v) is 19.4. The van der Waals surface area contributed by atoms with Gasteiger partial charge in [-0.2, -0.15) is 13.2 Å². The molecule has 0 fully saturated rings. The average molecular weight is 547 g/mol. The van der Waals surface area contributed by atoms with Crippen LogP contribution in [0, 0.1) is 0 Å². The predicted molar refractivity (Wildman–Crippen MR) is 119 cm³/mol. The van der Waals surface area contributed by atoms with Gasteiger partial charge >= 0.3 is 18.2 Å². The van der Waals surface area contributed by atoms with Crippen molar-refractivity contribution in [1.29, 1.82) is 0 Å². The summed E-state index contributed by atoms with van der Waals surface area (Å²) in [6.45, 7) is -0.874. The Morgan fingerprint density at radius 3 is 2.35 bits per heavy atom. The molecule has 0 spiro atoms. The molecule has 37 heavy (non-hydrogen) atoms. The summed E-state index contributed by atoms with van der Waals surface area (Å²) < 4.78 is 81.7. The lowest BCUT2D eigenvalue weighted by atomic mass is 10.1. The van der Waals surface area contributed by atoms with Gasteiger partial charge in [0.1, 0.15) is 18.1 Å². The summed E-state index contributed by atoms with van der Waals surface area (Å²) in [6, 6.07) is 11.4. The minimum atomic E-state index is -4.83. The first-order chi connectivity index (χ1) is 17.4. The molecule has 0 radical (unpaired) electrons. The second kappa shape index (κ2) is 10.3. The third-order valence-corrected chi connectivity index (χ3v) is 5.28. The van der Waals surface area contributed by atoms with E-state index in [1.807, 2.05) is 0 Å². The molecule has 4 rings (SSSR count). The molecule has 0 aliphatic carbocycles. The second-order valence-electron chi connectivity index (χ2n) is 7.88. The van der Waals surface area contributed by atoms with Crippen LogP contribution in [0.5, 0.6) is 5.75 Å². The number of rotatable bonds is 8. The number of hydrogen-bond acceptors (Lipinski definition) is 5. The van der Waals surface area contributed by atoms with Gasteiger partial charge in [0.25, 0.3) is 0 Å². The Hall–Kier alpha value is -3.81. The van der Waals surface area contributed by atoms with Crippen molar-refractivity contribution < 1.29 is 31.1 Å². The largest absolute Gasteiger partial charge is 0.573 e. The molecular formula is C22H17ClF6N6O2. The first kappa shape index (κ1) is 26.3. The molecule has 0 atom stereocenters. The van der Waals surface area contributed by atoms with E-state index in [2.05, 4.69) is 25.0 Å². The predicted octanol–water partition coefficient (Wildman–Crippen LogP) is 4.97. The van der Waals surface area contributed by atoms with Crippen molar-refractivity contribution in [3.05, 3.63) is 81.3 Å². The van der Waals surface area contributed by atoms with E-state index < -0.39 is 36.9 Å². The molecular weight excluding hydrogens is 530 g/mol. The number of hydrogen-bond donors (Lipinski definition) is 1. The number of benzene rings is 2. The average Bonchev–Trinajstić information content (AvgIpc) is 3.35. The van der Waals surface area contributed by atoms with Crippen molar-refractivity contribution in [1.82, 2.24) is 29.5 Å². The minimum Gasteiger partial charge on any atom is -0.406 e. The van der Waals surface area contributed by atoms with Gasteiger partial charge in [-0.1, -0.05) is 23.7 Å². The van der Waals surface area contributed by atoms with Gasteiger partial charge in [0.15, 0.2) is 11.6 Å². The molecule has 0 aliphatic heterocycles. The standard InChI is InChI=1S/C22H17ClF6N6O2/c23-15-6-4-14(5-7-15)19-33-35(20(36)34(19)9-8-21(24,25)26)12-18-30-17(31-32-18)11-13-2-1-3-16(10-13)37-22(27,28)29/h1-7,10H,8-9,11-12H2,(H,30,31,32). The van der Waals surface area contributed by atoms with Gasteiger partial charge in [0.05, 0.1) is 6.42 Å². The van der Waals surface area contributed by atoms with Crippen molar-refractivity contribution >= 4 is 11.6 Å². The molecule has 0 bridgehead atoms. The fourth-order valence-electron chi connectivity index (χ4n) is 3.47. The Kier molecular flexibility index (Phi) is 7.30. The van der Waals surface area contributed by atoms with Crippen molar-refractivity contribution in [2.75, 3.05) is 0 Å². The molecule has 0 aliphatic rings. The highest BCUT2D eigenvalue weighted by Gasteiger charge is 2.31.